The van der Waals surface area contributed by atoms with Crippen LogP contribution in [0.5, 0.6) is 23.0 Å². The average Bonchev–Trinajstić information content (AvgIpc) is 2.71. The van der Waals surface area contributed by atoms with Crippen molar-refractivity contribution >= 4 is 11.5 Å². The Morgan fingerprint density at radius 1 is 0.862 bits per heavy atom. The standard InChI is InChI=1S/C23H19FO5/c1-15(27-2)22(23(25)26)18-10-3-5-12-20(18)28-16-8-7-9-17(14-16)29-21-13-6-4-11-19(21)24/h3-14H,1-2H3,(H,25,26). The second-order valence-corrected chi connectivity index (χ2v) is 6.05. The topological polar surface area (TPSA) is 65.0 Å². The van der Waals surface area contributed by atoms with Gasteiger partial charge in [0.15, 0.2) is 11.6 Å². The molecule has 0 heterocycles. The molecule has 0 saturated carbocycles. The van der Waals surface area contributed by atoms with Crippen LogP contribution in [0, 0.1) is 5.82 Å². The maximum absolute atomic E-state index is 13.8. The number of carboxylic acids is 1. The second kappa shape index (κ2) is 8.93. The number of carboxylic acid groups (broad SMARTS) is 1. The van der Waals surface area contributed by atoms with Crippen LogP contribution in [0.2, 0.25) is 0 Å². The van der Waals surface area contributed by atoms with Gasteiger partial charge in [-0.3, -0.25) is 0 Å². The molecule has 0 bridgehead atoms. The zero-order valence-electron chi connectivity index (χ0n) is 15.9. The summed E-state index contributed by atoms with van der Waals surface area (Å²) in [6.45, 7) is 1.57. The molecule has 0 aliphatic heterocycles. The fourth-order valence-electron chi connectivity index (χ4n) is 2.70. The molecule has 0 aromatic heterocycles. The lowest BCUT2D eigenvalue weighted by Crippen LogP contribution is -2.05. The molecular weight excluding hydrogens is 375 g/mol. The van der Waals surface area contributed by atoms with Crippen molar-refractivity contribution in [3.8, 4) is 23.0 Å². The highest BCUT2D eigenvalue weighted by molar-refractivity contribution is 6.16. The molecule has 0 radical (unpaired) electrons. The summed E-state index contributed by atoms with van der Waals surface area (Å²) in [5.74, 6) is -0.128. The minimum absolute atomic E-state index is 0.00172. The maximum Gasteiger partial charge on any atom is 0.339 e. The van der Waals surface area contributed by atoms with Crippen LogP contribution < -0.4 is 9.47 Å². The third-order valence-electron chi connectivity index (χ3n) is 4.13. The number of hydrogen-bond donors (Lipinski definition) is 1. The molecule has 0 amide bonds. The number of carbonyl (C=O) groups is 1. The number of allylic oxidation sites excluding steroid dienone is 1. The molecular formula is C23H19FO5. The molecule has 0 aliphatic rings. The van der Waals surface area contributed by atoms with Crippen LogP contribution in [-0.2, 0) is 9.53 Å². The van der Waals surface area contributed by atoms with Gasteiger partial charge in [0.1, 0.15) is 28.6 Å². The summed E-state index contributed by atoms with van der Waals surface area (Å²) >= 11 is 0. The van der Waals surface area contributed by atoms with E-state index in [0.29, 0.717) is 22.8 Å². The summed E-state index contributed by atoms with van der Waals surface area (Å²) in [7, 11) is 1.41. The van der Waals surface area contributed by atoms with Crippen LogP contribution in [0.1, 0.15) is 12.5 Å². The molecule has 0 aliphatic carbocycles. The van der Waals surface area contributed by atoms with Gasteiger partial charge in [-0.05, 0) is 37.3 Å². The van der Waals surface area contributed by atoms with Gasteiger partial charge in [-0.25, -0.2) is 9.18 Å². The summed E-state index contributed by atoms with van der Waals surface area (Å²) in [5.41, 5.74) is 0.377. The molecule has 0 saturated heterocycles. The predicted molar refractivity (Wildman–Crippen MR) is 107 cm³/mol. The van der Waals surface area contributed by atoms with Gasteiger partial charge in [0, 0.05) is 11.6 Å². The average molecular weight is 394 g/mol. The lowest BCUT2D eigenvalue weighted by molar-refractivity contribution is -0.130. The van der Waals surface area contributed by atoms with Crippen LogP contribution in [0.25, 0.3) is 5.57 Å². The Hall–Kier alpha value is -3.80. The fraction of sp³-hybridized carbons (Fsp3) is 0.0870. The Bertz CT molecular complexity index is 1060. The van der Waals surface area contributed by atoms with Crippen LogP contribution >= 0.6 is 0 Å². The van der Waals surface area contributed by atoms with Crippen LogP contribution in [0.15, 0.2) is 78.6 Å². The van der Waals surface area contributed by atoms with Crippen molar-refractivity contribution in [1.29, 1.82) is 0 Å². The van der Waals surface area contributed by atoms with Crippen molar-refractivity contribution in [3.05, 3.63) is 89.9 Å². The van der Waals surface area contributed by atoms with E-state index >= 15 is 0 Å². The molecule has 29 heavy (non-hydrogen) atoms. The summed E-state index contributed by atoms with van der Waals surface area (Å²) in [4.78, 5) is 11.7. The molecule has 148 valence electrons. The van der Waals surface area contributed by atoms with E-state index in [1.807, 2.05) is 0 Å². The van der Waals surface area contributed by atoms with Gasteiger partial charge >= 0.3 is 5.97 Å². The van der Waals surface area contributed by atoms with E-state index in [-0.39, 0.29) is 17.1 Å². The minimum atomic E-state index is -1.13. The van der Waals surface area contributed by atoms with Crippen LogP contribution in [-0.4, -0.2) is 18.2 Å². The lowest BCUT2D eigenvalue weighted by Gasteiger charge is -2.14. The first kappa shape index (κ1) is 19.9. The molecule has 1 N–H and O–H groups in total. The number of hydrogen-bond acceptors (Lipinski definition) is 4. The molecule has 0 atom stereocenters. The van der Waals surface area contributed by atoms with Gasteiger partial charge in [0.25, 0.3) is 0 Å². The van der Waals surface area contributed by atoms with Gasteiger partial charge in [-0.1, -0.05) is 36.4 Å². The van der Waals surface area contributed by atoms with Gasteiger partial charge in [0.05, 0.1) is 7.11 Å². The quantitative estimate of drug-likeness (QED) is 0.401. The van der Waals surface area contributed by atoms with E-state index in [9.17, 15) is 14.3 Å². The van der Waals surface area contributed by atoms with Crippen molar-refractivity contribution < 1.29 is 28.5 Å². The van der Waals surface area contributed by atoms with E-state index in [2.05, 4.69) is 0 Å². The lowest BCUT2D eigenvalue weighted by atomic mass is 10.0. The van der Waals surface area contributed by atoms with E-state index in [1.54, 1.807) is 67.6 Å². The number of ether oxygens (including phenoxy) is 3. The number of halogens is 1. The Balaban J connectivity index is 1.92. The SMILES string of the molecule is COC(C)=C(C(=O)O)c1ccccc1Oc1cccc(Oc2ccccc2F)c1. The van der Waals surface area contributed by atoms with Crippen molar-refractivity contribution in [2.75, 3.05) is 7.11 Å². The van der Waals surface area contributed by atoms with Gasteiger partial charge in [-0.15, -0.1) is 0 Å². The largest absolute Gasteiger partial charge is 0.500 e. The summed E-state index contributed by atoms with van der Waals surface area (Å²) in [6.07, 6.45) is 0. The Labute approximate surface area is 167 Å². The first-order valence-corrected chi connectivity index (χ1v) is 8.77. The Morgan fingerprint density at radius 2 is 1.45 bits per heavy atom. The van der Waals surface area contributed by atoms with Gasteiger partial charge < -0.3 is 19.3 Å². The smallest absolute Gasteiger partial charge is 0.339 e. The first-order valence-electron chi connectivity index (χ1n) is 8.77. The van der Waals surface area contributed by atoms with E-state index in [1.165, 1.54) is 19.2 Å². The minimum Gasteiger partial charge on any atom is -0.500 e. The fourth-order valence-corrected chi connectivity index (χ4v) is 2.70. The number of benzene rings is 3. The van der Waals surface area contributed by atoms with Crippen molar-refractivity contribution in [2.45, 2.75) is 6.92 Å². The van der Waals surface area contributed by atoms with Crippen LogP contribution in [0.3, 0.4) is 0 Å². The Kier molecular flexibility index (Phi) is 6.14. The number of rotatable bonds is 7. The molecule has 3 aromatic rings. The molecule has 5 nitrogen and oxygen atoms in total. The normalized spacial score (nSPS) is 11.4. The zero-order valence-corrected chi connectivity index (χ0v) is 15.9. The molecule has 0 unspecified atom stereocenters. The monoisotopic (exact) mass is 394 g/mol. The number of aliphatic carboxylic acids is 1. The number of methoxy groups -OCH3 is 1. The summed E-state index contributed by atoms with van der Waals surface area (Å²) in [6, 6.07) is 19.5. The summed E-state index contributed by atoms with van der Waals surface area (Å²) < 4.78 is 30.4. The molecule has 3 rings (SSSR count). The van der Waals surface area contributed by atoms with E-state index in [4.69, 9.17) is 14.2 Å². The van der Waals surface area contributed by atoms with E-state index < -0.39 is 11.8 Å². The molecule has 0 fully saturated rings. The summed E-state index contributed by atoms with van der Waals surface area (Å²) in [5, 5.41) is 9.60. The highest BCUT2D eigenvalue weighted by Crippen LogP contribution is 2.34. The highest BCUT2D eigenvalue weighted by Gasteiger charge is 2.19. The molecule has 3 aromatic carbocycles. The number of para-hydroxylation sites is 2. The van der Waals surface area contributed by atoms with Crippen LogP contribution in [0.4, 0.5) is 4.39 Å². The third-order valence-corrected chi connectivity index (χ3v) is 4.13. The molecule has 6 heteroatoms. The van der Waals surface area contributed by atoms with Gasteiger partial charge in [-0.2, -0.15) is 0 Å². The van der Waals surface area contributed by atoms with E-state index in [0.717, 1.165) is 0 Å². The predicted octanol–water partition coefficient (Wildman–Crippen LogP) is 5.87. The molecule has 0 spiro atoms. The highest BCUT2D eigenvalue weighted by atomic mass is 19.1. The van der Waals surface area contributed by atoms with Crippen molar-refractivity contribution in [3.63, 3.8) is 0 Å². The van der Waals surface area contributed by atoms with Gasteiger partial charge in [0.2, 0.25) is 0 Å². The first-order chi connectivity index (χ1) is 14.0. The zero-order chi connectivity index (χ0) is 20.8. The second-order valence-electron chi connectivity index (χ2n) is 6.05. The maximum atomic E-state index is 13.8. The van der Waals surface area contributed by atoms with Crippen molar-refractivity contribution in [2.24, 2.45) is 0 Å². The Morgan fingerprint density at radius 3 is 2.07 bits per heavy atom. The third kappa shape index (κ3) is 4.73. The van der Waals surface area contributed by atoms with Crippen molar-refractivity contribution in [1.82, 2.24) is 0 Å².